The predicted octanol–water partition coefficient (Wildman–Crippen LogP) is 7.22. The molecule has 2 aromatic carbocycles. The molecule has 1 aliphatic rings. The first-order valence-electron chi connectivity index (χ1n) is 9.59. The van der Waals surface area contributed by atoms with Gasteiger partial charge in [0.1, 0.15) is 0 Å². The van der Waals surface area contributed by atoms with Crippen LogP contribution in [0.4, 0.5) is 0 Å². The van der Waals surface area contributed by atoms with Gasteiger partial charge in [0.25, 0.3) is 0 Å². The topological polar surface area (TPSA) is 0 Å². The van der Waals surface area contributed by atoms with Gasteiger partial charge < -0.3 is 0 Å². The van der Waals surface area contributed by atoms with E-state index in [0.29, 0.717) is 0 Å². The Labute approximate surface area is 172 Å². The second-order valence-corrected chi connectivity index (χ2v) is 6.93. The van der Waals surface area contributed by atoms with Crippen LogP contribution in [0.1, 0.15) is 69.1 Å². The van der Waals surface area contributed by atoms with Crippen molar-refractivity contribution < 1.29 is 26.2 Å². The molecule has 0 spiro atoms. The van der Waals surface area contributed by atoms with Crippen LogP contribution in [0.15, 0.2) is 48.0 Å². The molecule has 0 saturated heterocycles. The van der Waals surface area contributed by atoms with Gasteiger partial charge in [-0.05, 0) is 47.1 Å². The Kier molecular flexibility index (Phi) is 8.37. The average molecular weight is 409 g/mol. The van der Waals surface area contributed by atoms with Crippen LogP contribution in [0.5, 0.6) is 0 Å². The van der Waals surface area contributed by atoms with Gasteiger partial charge in [0.2, 0.25) is 0 Å². The molecule has 25 heavy (non-hydrogen) atoms. The number of allylic oxidation sites excluding steroid dienone is 1. The Bertz CT molecular complexity index is 695. The Morgan fingerprint density at radius 1 is 0.760 bits per heavy atom. The summed E-state index contributed by atoms with van der Waals surface area (Å²) in [5.41, 5.74) is 8.42. The summed E-state index contributed by atoms with van der Waals surface area (Å²) < 4.78 is 0. The first-order valence-corrected chi connectivity index (χ1v) is 9.59. The minimum Gasteiger partial charge on any atom is -0.0654 e. The van der Waals surface area contributed by atoms with E-state index in [2.05, 4.69) is 68.8 Å². The molecular formula is C24H29Zr. The minimum absolute atomic E-state index is 0. The number of aryl methyl sites for hydroxylation is 1. The van der Waals surface area contributed by atoms with E-state index in [-0.39, 0.29) is 26.2 Å². The van der Waals surface area contributed by atoms with E-state index in [4.69, 9.17) is 0 Å². The van der Waals surface area contributed by atoms with Crippen molar-refractivity contribution in [2.45, 2.75) is 58.8 Å². The first-order chi connectivity index (χ1) is 11.8. The molecule has 0 fully saturated rings. The summed E-state index contributed by atoms with van der Waals surface area (Å²) >= 11 is 0. The standard InChI is InChI=1S/C24H29.Zr/c1-3-5-6-7-10-19-13-15-21(16-14-19)23-12-8-11-22-17-20(9-4-2)18-24(22)23;/h8,11-18H,3-7,9-10H2,1-2H3;. The zero-order valence-corrected chi connectivity index (χ0v) is 18.1. The summed E-state index contributed by atoms with van der Waals surface area (Å²) in [6, 6.07) is 15.9. The van der Waals surface area contributed by atoms with Crippen molar-refractivity contribution in [1.82, 2.24) is 0 Å². The molecule has 1 heteroatoms. The maximum Gasteiger partial charge on any atom is 0.0164 e. The molecule has 1 radical (unpaired) electrons. The molecule has 0 atom stereocenters. The van der Waals surface area contributed by atoms with E-state index < -0.39 is 0 Å². The molecule has 1 aliphatic carbocycles. The van der Waals surface area contributed by atoms with Gasteiger partial charge in [0.15, 0.2) is 0 Å². The van der Waals surface area contributed by atoms with E-state index in [1.165, 1.54) is 78.3 Å². The zero-order chi connectivity index (χ0) is 16.8. The second kappa shape index (κ2) is 10.3. The van der Waals surface area contributed by atoms with E-state index in [1.54, 1.807) is 0 Å². The number of rotatable bonds is 8. The quantitative estimate of drug-likeness (QED) is 0.404. The maximum atomic E-state index is 2.38. The fourth-order valence-corrected chi connectivity index (χ4v) is 3.59. The fourth-order valence-electron chi connectivity index (χ4n) is 3.59. The average Bonchev–Trinajstić information content (AvgIpc) is 3.02. The molecule has 0 N–H and O–H groups in total. The van der Waals surface area contributed by atoms with Gasteiger partial charge in [-0.25, -0.2) is 0 Å². The number of hydrogen-bond donors (Lipinski definition) is 0. The summed E-state index contributed by atoms with van der Waals surface area (Å²) in [6.45, 7) is 4.52. The third-order valence-electron chi connectivity index (χ3n) is 4.93. The normalized spacial score (nSPS) is 12.5. The summed E-state index contributed by atoms with van der Waals surface area (Å²) in [7, 11) is 0. The number of hydrogen-bond acceptors (Lipinski definition) is 0. The van der Waals surface area contributed by atoms with Crippen molar-refractivity contribution in [2.24, 2.45) is 0 Å². The molecule has 0 unspecified atom stereocenters. The van der Waals surface area contributed by atoms with Gasteiger partial charge in [0, 0.05) is 32.6 Å². The van der Waals surface area contributed by atoms with Crippen molar-refractivity contribution in [2.75, 3.05) is 0 Å². The van der Waals surface area contributed by atoms with E-state index in [0.717, 1.165) is 0 Å². The van der Waals surface area contributed by atoms with Crippen LogP contribution in [-0.4, -0.2) is 0 Å². The van der Waals surface area contributed by atoms with Crippen LogP contribution in [0.3, 0.4) is 0 Å². The molecular weight excluding hydrogens is 379 g/mol. The van der Waals surface area contributed by atoms with Crippen LogP contribution in [-0.2, 0) is 32.6 Å². The van der Waals surface area contributed by atoms with Gasteiger partial charge >= 0.3 is 0 Å². The van der Waals surface area contributed by atoms with Crippen molar-refractivity contribution >= 4 is 6.08 Å². The van der Waals surface area contributed by atoms with Gasteiger partial charge in [-0.15, -0.1) is 0 Å². The second-order valence-electron chi connectivity index (χ2n) is 6.93. The van der Waals surface area contributed by atoms with Gasteiger partial charge in [-0.1, -0.05) is 93.6 Å². The van der Waals surface area contributed by atoms with E-state index in [9.17, 15) is 0 Å². The minimum atomic E-state index is 0. The molecule has 0 amide bonds. The third-order valence-corrected chi connectivity index (χ3v) is 4.93. The van der Waals surface area contributed by atoms with Crippen molar-refractivity contribution in [3.05, 3.63) is 71.1 Å². The van der Waals surface area contributed by atoms with E-state index in [1.807, 2.05) is 0 Å². The number of unbranched alkanes of at least 4 members (excludes halogenated alkanes) is 3. The molecule has 2 aromatic rings. The third kappa shape index (κ3) is 5.27. The van der Waals surface area contributed by atoms with Crippen molar-refractivity contribution in [1.29, 1.82) is 0 Å². The summed E-state index contributed by atoms with van der Waals surface area (Å²) in [5, 5.41) is 0. The smallest absolute Gasteiger partial charge is 0.0164 e. The molecule has 129 valence electrons. The summed E-state index contributed by atoms with van der Waals surface area (Å²) in [4.78, 5) is 0. The first kappa shape index (κ1) is 20.4. The molecule has 0 heterocycles. The SMILES string of the molecule is CCCCCCc1ccc(-c2cccc3c2C=C(CCC)[CH]3)cc1.[Zr]. The Morgan fingerprint density at radius 2 is 1.56 bits per heavy atom. The fraction of sp³-hybridized carbons (Fsp3) is 0.375. The molecule has 0 bridgehead atoms. The summed E-state index contributed by atoms with van der Waals surface area (Å²) in [5.74, 6) is 0. The van der Waals surface area contributed by atoms with Crippen LogP contribution < -0.4 is 0 Å². The van der Waals surface area contributed by atoms with Crippen LogP contribution >= 0.6 is 0 Å². The molecule has 0 saturated carbocycles. The maximum absolute atomic E-state index is 2.38. The van der Waals surface area contributed by atoms with E-state index >= 15 is 0 Å². The van der Waals surface area contributed by atoms with Gasteiger partial charge in [-0.3, -0.25) is 0 Å². The molecule has 0 nitrogen and oxygen atoms in total. The molecule has 3 rings (SSSR count). The van der Waals surface area contributed by atoms with Crippen LogP contribution in [0, 0.1) is 6.42 Å². The zero-order valence-electron chi connectivity index (χ0n) is 15.6. The monoisotopic (exact) mass is 407 g/mol. The Hall–Kier alpha value is -0.937. The predicted molar refractivity (Wildman–Crippen MR) is 106 cm³/mol. The molecule has 0 aromatic heterocycles. The van der Waals surface area contributed by atoms with Gasteiger partial charge in [0.05, 0.1) is 0 Å². The van der Waals surface area contributed by atoms with Crippen LogP contribution in [0.2, 0.25) is 0 Å². The van der Waals surface area contributed by atoms with Crippen molar-refractivity contribution in [3.63, 3.8) is 0 Å². The Morgan fingerprint density at radius 3 is 2.28 bits per heavy atom. The largest absolute Gasteiger partial charge is 0.0654 e. The number of benzene rings is 2. The molecule has 0 aliphatic heterocycles. The van der Waals surface area contributed by atoms with Gasteiger partial charge in [-0.2, -0.15) is 0 Å². The van der Waals surface area contributed by atoms with Crippen molar-refractivity contribution in [3.8, 4) is 11.1 Å². The van der Waals surface area contributed by atoms with Crippen LogP contribution in [0.25, 0.3) is 17.2 Å². The number of fused-ring (bicyclic) bond motifs is 1. The Balaban J connectivity index is 0.00000225. The summed E-state index contributed by atoms with van der Waals surface area (Å²) in [6.07, 6.45) is 13.7.